The van der Waals surface area contributed by atoms with Crippen molar-refractivity contribution in [2.75, 3.05) is 5.32 Å². The van der Waals surface area contributed by atoms with E-state index in [2.05, 4.69) is 10.6 Å². The van der Waals surface area contributed by atoms with E-state index >= 15 is 0 Å². The third kappa shape index (κ3) is 5.05. The van der Waals surface area contributed by atoms with Crippen LogP contribution in [0.2, 0.25) is 0 Å². The molecule has 0 aliphatic heterocycles. The van der Waals surface area contributed by atoms with Gasteiger partial charge in [-0.1, -0.05) is 19.3 Å². The lowest BCUT2D eigenvalue weighted by molar-refractivity contribution is -0.707. The minimum absolute atomic E-state index is 0.0945. The van der Waals surface area contributed by atoms with Crippen LogP contribution in [0.5, 0.6) is 0 Å². The Morgan fingerprint density at radius 2 is 1.82 bits per heavy atom. The van der Waals surface area contributed by atoms with Gasteiger partial charge in [0, 0.05) is 6.07 Å². The van der Waals surface area contributed by atoms with Gasteiger partial charge in [-0.2, -0.15) is 0 Å². The van der Waals surface area contributed by atoms with Crippen LogP contribution < -0.4 is 10.6 Å². The van der Waals surface area contributed by atoms with Crippen LogP contribution in [0, 0.1) is 11.6 Å². The van der Waals surface area contributed by atoms with Crippen LogP contribution in [0.3, 0.4) is 0 Å². The standard InChI is InChI=1S/C17H24F2N2O/c1-12(20-14-7-5-3-2-4-6-8-14)17(22)21-16-11-13(18)9-10-15(16)19/h9-12,14,20H,2-8H2,1H3,(H,21,22)/p+1/t12-/m1/s1. The molecule has 0 spiro atoms. The van der Waals surface area contributed by atoms with Crippen molar-refractivity contribution < 1.29 is 18.9 Å². The topological polar surface area (TPSA) is 45.7 Å². The summed E-state index contributed by atoms with van der Waals surface area (Å²) >= 11 is 0. The Kier molecular flexibility index (Phi) is 6.31. The van der Waals surface area contributed by atoms with Crippen LogP contribution in [0.4, 0.5) is 14.5 Å². The summed E-state index contributed by atoms with van der Waals surface area (Å²) in [7, 11) is 0. The molecular weight excluding hydrogens is 286 g/mol. The third-order valence-corrected chi connectivity index (χ3v) is 4.31. The summed E-state index contributed by atoms with van der Waals surface area (Å²) in [5, 5.41) is 4.55. The Bertz CT molecular complexity index is 499. The van der Waals surface area contributed by atoms with Crippen molar-refractivity contribution in [1.29, 1.82) is 0 Å². The molecular formula is C17H25F2N2O+. The summed E-state index contributed by atoms with van der Waals surface area (Å²) in [6.07, 6.45) is 8.47. The maximum Gasteiger partial charge on any atom is 0.282 e. The summed E-state index contributed by atoms with van der Waals surface area (Å²) in [5.41, 5.74) is -0.0945. The van der Waals surface area contributed by atoms with Crippen LogP contribution in [0.25, 0.3) is 0 Å². The number of benzene rings is 1. The van der Waals surface area contributed by atoms with E-state index in [1.807, 2.05) is 6.92 Å². The van der Waals surface area contributed by atoms with Crippen LogP contribution in [0.15, 0.2) is 18.2 Å². The average Bonchev–Trinajstić information content (AvgIpc) is 2.45. The Hall–Kier alpha value is -1.49. The smallest absolute Gasteiger partial charge is 0.282 e. The molecule has 1 amide bonds. The molecule has 0 radical (unpaired) electrons. The lowest BCUT2D eigenvalue weighted by Crippen LogP contribution is -2.96. The van der Waals surface area contributed by atoms with Crippen molar-refractivity contribution in [3.63, 3.8) is 0 Å². The molecule has 0 unspecified atom stereocenters. The van der Waals surface area contributed by atoms with Gasteiger partial charge in [0.1, 0.15) is 11.6 Å². The Balaban J connectivity index is 1.89. The molecule has 0 bridgehead atoms. The summed E-state index contributed by atoms with van der Waals surface area (Å²) in [5.74, 6) is -1.46. The number of nitrogens with two attached hydrogens (primary N) is 1. The van der Waals surface area contributed by atoms with Gasteiger partial charge in [0.2, 0.25) is 0 Å². The highest BCUT2D eigenvalue weighted by Gasteiger charge is 2.23. The molecule has 3 nitrogen and oxygen atoms in total. The number of hydrogen-bond acceptors (Lipinski definition) is 1. The molecule has 0 saturated heterocycles. The molecule has 1 atom stereocenters. The number of nitrogens with one attached hydrogen (secondary N) is 1. The first-order valence-corrected chi connectivity index (χ1v) is 8.17. The fraction of sp³-hybridized carbons (Fsp3) is 0.588. The van der Waals surface area contributed by atoms with Gasteiger partial charge < -0.3 is 10.6 Å². The zero-order valence-corrected chi connectivity index (χ0v) is 13.1. The zero-order chi connectivity index (χ0) is 15.9. The van der Waals surface area contributed by atoms with Gasteiger partial charge in [0.15, 0.2) is 6.04 Å². The molecule has 122 valence electrons. The lowest BCUT2D eigenvalue weighted by atomic mass is 9.96. The number of amides is 1. The van der Waals surface area contributed by atoms with E-state index in [9.17, 15) is 13.6 Å². The van der Waals surface area contributed by atoms with Crippen LogP contribution in [-0.4, -0.2) is 18.0 Å². The van der Waals surface area contributed by atoms with Gasteiger partial charge in [-0.15, -0.1) is 0 Å². The number of carbonyl (C=O) groups excluding carboxylic acids is 1. The number of halogens is 2. The second-order valence-corrected chi connectivity index (χ2v) is 6.20. The van der Waals surface area contributed by atoms with Crippen molar-refractivity contribution in [2.45, 2.75) is 64.0 Å². The highest BCUT2D eigenvalue weighted by atomic mass is 19.1. The number of hydrogen-bond donors (Lipinski definition) is 2. The molecule has 1 saturated carbocycles. The third-order valence-electron chi connectivity index (χ3n) is 4.31. The van der Waals surface area contributed by atoms with Crippen molar-refractivity contribution >= 4 is 11.6 Å². The Morgan fingerprint density at radius 3 is 2.50 bits per heavy atom. The van der Waals surface area contributed by atoms with Gasteiger partial charge in [-0.05, 0) is 44.7 Å². The molecule has 1 fully saturated rings. The minimum atomic E-state index is -0.618. The van der Waals surface area contributed by atoms with Gasteiger partial charge in [0.05, 0.1) is 11.7 Å². The van der Waals surface area contributed by atoms with E-state index in [1.54, 1.807) is 0 Å². The van der Waals surface area contributed by atoms with Crippen molar-refractivity contribution in [1.82, 2.24) is 0 Å². The highest BCUT2D eigenvalue weighted by molar-refractivity contribution is 5.93. The Morgan fingerprint density at radius 1 is 1.18 bits per heavy atom. The quantitative estimate of drug-likeness (QED) is 0.882. The number of carbonyl (C=O) groups is 1. The zero-order valence-electron chi connectivity index (χ0n) is 13.1. The van der Waals surface area contributed by atoms with Gasteiger partial charge in [-0.3, -0.25) is 4.79 Å². The monoisotopic (exact) mass is 311 g/mol. The summed E-state index contributed by atoms with van der Waals surface area (Å²) in [6, 6.07) is 3.20. The molecule has 1 aliphatic carbocycles. The van der Waals surface area contributed by atoms with Crippen LogP contribution >= 0.6 is 0 Å². The lowest BCUT2D eigenvalue weighted by Gasteiger charge is -2.21. The molecule has 5 heteroatoms. The maximum atomic E-state index is 13.6. The minimum Gasteiger partial charge on any atom is -0.334 e. The van der Waals surface area contributed by atoms with Gasteiger partial charge in [0.25, 0.3) is 5.91 Å². The number of quaternary nitrogens is 1. The molecule has 0 heterocycles. The van der Waals surface area contributed by atoms with Gasteiger partial charge >= 0.3 is 0 Å². The average molecular weight is 311 g/mol. The van der Waals surface area contributed by atoms with Crippen molar-refractivity contribution in [3.05, 3.63) is 29.8 Å². The maximum absolute atomic E-state index is 13.6. The Labute approximate surface area is 130 Å². The first kappa shape index (κ1) is 16.9. The molecule has 2 rings (SSSR count). The molecule has 1 aromatic rings. The molecule has 3 N–H and O–H groups in total. The fourth-order valence-corrected chi connectivity index (χ4v) is 3.02. The molecule has 1 aromatic carbocycles. The van der Waals surface area contributed by atoms with Crippen LogP contribution in [-0.2, 0) is 4.79 Å². The number of anilines is 1. The van der Waals surface area contributed by atoms with E-state index in [4.69, 9.17) is 0 Å². The summed E-state index contributed by atoms with van der Waals surface area (Å²) in [4.78, 5) is 12.2. The second kappa shape index (κ2) is 8.22. The van der Waals surface area contributed by atoms with Crippen molar-refractivity contribution in [3.8, 4) is 0 Å². The van der Waals surface area contributed by atoms with Gasteiger partial charge in [-0.25, -0.2) is 8.78 Å². The van der Waals surface area contributed by atoms with E-state index < -0.39 is 11.6 Å². The first-order chi connectivity index (χ1) is 10.6. The summed E-state index contributed by atoms with van der Waals surface area (Å²) in [6.45, 7) is 1.81. The van der Waals surface area contributed by atoms with Crippen LogP contribution in [0.1, 0.15) is 51.9 Å². The number of rotatable bonds is 4. The first-order valence-electron chi connectivity index (χ1n) is 8.17. The molecule has 1 aliphatic rings. The largest absolute Gasteiger partial charge is 0.334 e. The molecule has 22 heavy (non-hydrogen) atoms. The van der Waals surface area contributed by atoms with Crippen molar-refractivity contribution in [2.24, 2.45) is 0 Å². The normalized spacial score (nSPS) is 18.3. The highest BCUT2D eigenvalue weighted by Crippen LogP contribution is 2.16. The molecule has 0 aromatic heterocycles. The SMILES string of the molecule is C[C@@H]([NH2+]C1CCCCCCC1)C(=O)Nc1cc(F)ccc1F. The second-order valence-electron chi connectivity index (χ2n) is 6.20. The predicted molar refractivity (Wildman–Crippen MR) is 82.5 cm³/mol. The van der Waals surface area contributed by atoms with E-state index in [0.29, 0.717) is 6.04 Å². The predicted octanol–water partition coefficient (Wildman–Crippen LogP) is 2.97. The van der Waals surface area contributed by atoms with E-state index in [1.165, 1.54) is 32.1 Å². The van der Waals surface area contributed by atoms with E-state index in [0.717, 1.165) is 31.0 Å². The summed E-state index contributed by atoms with van der Waals surface area (Å²) < 4.78 is 26.7. The van der Waals surface area contributed by atoms with E-state index in [-0.39, 0.29) is 17.6 Å². The fourth-order valence-electron chi connectivity index (χ4n) is 3.02.